The first kappa shape index (κ1) is 8.04. The maximum atomic E-state index is 10.4. The van der Waals surface area contributed by atoms with Gasteiger partial charge in [0.1, 0.15) is 6.10 Å². The predicted octanol–water partition coefficient (Wildman–Crippen LogP) is 0.413. The molecule has 0 spiro atoms. The van der Waals surface area contributed by atoms with Gasteiger partial charge in [0.25, 0.3) is 0 Å². The first-order chi connectivity index (χ1) is 5.09. The zero-order valence-corrected chi connectivity index (χ0v) is 6.24. The second-order valence-electron chi connectivity index (χ2n) is 2.74. The molecule has 4 nitrogen and oxygen atoms in total. The van der Waals surface area contributed by atoms with Gasteiger partial charge in [0.2, 0.25) is 0 Å². The summed E-state index contributed by atoms with van der Waals surface area (Å²) in [7, 11) is 0. The summed E-state index contributed by atoms with van der Waals surface area (Å²) in [6.45, 7) is 1.33. The number of esters is 1. The smallest absolute Gasteiger partial charge is 0.306 e. The van der Waals surface area contributed by atoms with Crippen molar-refractivity contribution < 1.29 is 19.4 Å². The average molecular weight is 158 g/mol. The van der Waals surface area contributed by atoms with E-state index in [1.165, 1.54) is 6.92 Å². The van der Waals surface area contributed by atoms with E-state index in [4.69, 9.17) is 9.84 Å². The molecule has 0 saturated heterocycles. The summed E-state index contributed by atoms with van der Waals surface area (Å²) in [5, 5.41) is 8.44. The van der Waals surface area contributed by atoms with E-state index in [0.717, 1.165) is 0 Å². The van der Waals surface area contributed by atoms with Gasteiger partial charge >= 0.3 is 11.9 Å². The fraction of sp³-hybridized carbons (Fsp3) is 0.714. The lowest BCUT2D eigenvalue weighted by atomic mass is 9.82. The lowest BCUT2D eigenvalue weighted by Gasteiger charge is -2.31. The molecule has 0 aromatic rings. The van der Waals surface area contributed by atoms with Crippen molar-refractivity contribution in [3.8, 4) is 0 Å². The third-order valence-corrected chi connectivity index (χ3v) is 1.78. The molecule has 11 heavy (non-hydrogen) atoms. The SMILES string of the molecule is CC(=O)OC1CC(C(=O)O)C1. The van der Waals surface area contributed by atoms with Crippen LogP contribution in [0.5, 0.6) is 0 Å². The Kier molecular flexibility index (Phi) is 2.12. The van der Waals surface area contributed by atoms with Gasteiger partial charge in [-0.1, -0.05) is 0 Å². The number of carboxylic acid groups (broad SMARTS) is 1. The first-order valence-corrected chi connectivity index (χ1v) is 3.49. The topological polar surface area (TPSA) is 63.6 Å². The zero-order valence-electron chi connectivity index (χ0n) is 6.24. The Morgan fingerprint density at radius 3 is 2.36 bits per heavy atom. The van der Waals surface area contributed by atoms with Crippen LogP contribution in [0.2, 0.25) is 0 Å². The van der Waals surface area contributed by atoms with Crippen molar-refractivity contribution in [3.05, 3.63) is 0 Å². The highest BCUT2D eigenvalue weighted by Gasteiger charge is 2.36. The molecule has 1 aliphatic carbocycles. The molecule has 1 fully saturated rings. The largest absolute Gasteiger partial charge is 0.481 e. The van der Waals surface area contributed by atoms with Crippen molar-refractivity contribution in [2.45, 2.75) is 25.9 Å². The number of ether oxygens (including phenoxy) is 1. The van der Waals surface area contributed by atoms with Gasteiger partial charge in [-0.2, -0.15) is 0 Å². The highest BCUT2D eigenvalue weighted by molar-refractivity contribution is 5.72. The van der Waals surface area contributed by atoms with E-state index >= 15 is 0 Å². The van der Waals surface area contributed by atoms with Gasteiger partial charge in [-0.3, -0.25) is 9.59 Å². The van der Waals surface area contributed by atoms with E-state index in [9.17, 15) is 9.59 Å². The first-order valence-electron chi connectivity index (χ1n) is 3.49. The Morgan fingerprint density at radius 1 is 1.45 bits per heavy atom. The Balaban J connectivity index is 2.19. The number of carbonyl (C=O) groups is 2. The Bertz CT molecular complexity index is 181. The summed E-state index contributed by atoms with van der Waals surface area (Å²) in [6.07, 6.45) is 0.776. The van der Waals surface area contributed by atoms with Crippen LogP contribution < -0.4 is 0 Å². The molecule has 0 heterocycles. The average Bonchev–Trinajstić information content (AvgIpc) is 1.75. The highest BCUT2D eigenvalue weighted by Crippen LogP contribution is 2.29. The van der Waals surface area contributed by atoms with Gasteiger partial charge < -0.3 is 9.84 Å². The van der Waals surface area contributed by atoms with Crippen LogP contribution in [0.4, 0.5) is 0 Å². The van der Waals surface area contributed by atoms with Gasteiger partial charge in [-0.25, -0.2) is 0 Å². The molecule has 0 aliphatic heterocycles. The van der Waals surface area contributed by atoms with E-state index in [0.29, 0.717) is 12.8 Å². The van der Waals surface area contributed by atoms with Crippen molar-refractivity contribution in [1.29, 1.82) is 0 Å². The Morgan fingerprint density at radius 2 is 2.00 bits per heavy atom. The van der Waals surface area contributed by atoms with Crippen LogP contribution in [0.3, 0.4) is 0 Å². The molecule has 1 aliphatic rings. The summed E-state index contributed by atoms with van der Waals surface area (Å²) in [6, 6.07) is 0. The molecule has 1 N–H and O–H groups in total. The van der Waals surface area contributed by atoms with Crippen molar-refractivity contribution >= 4 is 11.9 Å². The van der Waals surface area contributed by atoms with Crippen LogP contribution in [0.15, 0.2) is 0 Å². The second kappa shape index (κ2) is 2.90. The highest BCUT2D eigenvalue weighted by atomic mass is 16.5. The van der Waals surface area contributed by atoms with Gasteiger partial charge in [0, 0.05) is 6.92 Å². The summed E-state index contributed by atoms with van der Waals surface area (Å²) < 4.78 is 4.76. The third-order valence-electron chi connectivity index (χ3n) is 1.78. The molecule has 1 saturated carbocycles. The minimum Gasteiger partial charge on any atom is -0.481 e. The number of hydrogen-bond donors (Lipinski definition) is 1. The van der Waals surface area contributed by atoms with E-state index < -0.39 is 5.97 Å². The van der Waals surface area contributed by atoms with Crippen LogP contribution >= 0.6 is 0 Å². The summed E-state index contributed by atoms with van der Waals surface area (Å²) in [5.74, 6) is -1.44. The molecule has 62 valence electrons. The van der Waals surface area contributed by atoms with E-state index in [1.54, 1.807) is 0 Å². The van der Waals surface area contributed by atoms with Crippen molar-refractivity contribution in [1.82, 2.24) is 0 Å². The van der Waals surface area contributed by atoms with E-state index in [2.05, 4.69) is 0 Å². The molecule has 0 radical (unpaired) electrons. The van der Waals surface area contributed by atoms with Crippen molar-refractivity contribution in [2.24, 2.45) is 5.92 Å². The molecule has 0 unspecified atom stereocenters. The molecule has 0 amide bonds. The standard InChI is InChI=1S/C7H10O4/c1-4(8)11-6-2-5(3-6)7(9)10/h5-6H,2-3H2,1H3,(H,9,10). The van der Waals surface area contributed by atoms with Crippen LogP contribution in [0.1, 0.15) is 19.8 Å². The maximum Gasteiger partial charge on any atom is 0.306 e. The molecule has 0 atom stereocenters. The van der Waals surface area contributed by atoms with Crippen LogP contribution in [-0.2, 0) is 14.3 Å². The summed E-state index contributed by atoms with van der Waals surface area (Å²) >= 11 is 0. The van der Waals surface area contributed by atoms with Gasteiger partial charge in [-0.15, -0.1) is 0 Å². The lowest BCUT2D eigenvalue weighted by molar-refractivity contribution is -0.162. The van der Waals surface area contributed by atoms with Crippen LogP contribution in [-0.4, -0.2) is 23.1 Å². The molecule has 4 heteroatoms. The summed E-state index contributed by atoms with van der Waals surface area (Å²) in [4.78, 5) is 20.6. The zero-order chi connectivity index (χ0) is 8.43. The van der Waals surface area contributed by atoms with Gasteiger partial charge in [-0.05, 0) is 12.8 Å². The molecular formula is C7H10O4. The van der Waals surface area contributed by atoms with Crippen LogP contribution in [0.25, 0.3) is 0 Å². The molecular weight excluding hydrogens is 148 g/mol. The Labute approximate surface area is 64.2 Å². The van der Waals surface area contributed by atoms with Crippen LogP contribution in [0, 0.1) is 5.92 Å². The van der Waals surface area contributed by atoms with E-state index in [1.807, 2.05) is 0 Å². The second-order valence-corrected chi connectivity index (χ2v) is 2.74. The minimum atomic E-state index is -0.798. The quantitative estimate of drug-likeness (QED) is 0.591. The minimum absolute atomic E-state index is 0.159. The number of carbonyl (C=O) groups excluding carboxylic acids is 1. The number of hydrogen-bond acceptors (Lipinski definition) is 3. The monoisotopic (exact) mass is 158 g/mol. The van der Waals surface area contributed by atoms with Gasteiger partial charge in [0.05, 0.1) is 5.92 Å². The predicted molar refractivity (Wildman–Crippen MR) is 35.9 cm³/mol. The molecule has 0 aromatic heterocycles. The molecule has 0 aromatic carbocycles. The number of aliphatic carboxylic acids is 1. The Hall–Kier alpha value is -1.06. The van der Waals surface area contributed by atoms with Gasteiger partial charge in [0.15, 0.2) is 0 Å². The van der Waals surface area contributed by atoms with Crippen molar-refractivity contribution in [3.63, 3.8) is 0 Å². The molecule has 0 bridgehead atoms. The fourth-order valence-electron chi connectivity index (χ4n) is 1.10. The maximum absolute atomic E-state index is 10.4. The lowest BCUT2D eigenvalue weighted by Crippen LogP contribution is -2.37. The number of rotatable bonds is 2. The van der Waals surface area contributed by atoms with E-state index in [-0.39, 0.29) is 18.0 Å². The normalized spacial score (nSPS) is 28.8. The third kappa shape index (κ3) is 1.93. The number of carboxylic acids is 1. The van der Waals surface area contributed by atoms with Crippen molar-refractivity contribution in [2.75, 3.05) is 0 Å². The summed E-state index contributed by atoms with van der Waals surface area (Å²) in [5.41, 5.74) is 0. The fourth-order valence-corrected chi connectivity index (χ4v) is 1.10. The molecule has 1 rings (SSSR count).